The van der Waals surface area contributed by atoms with Crippen LogP contribution in [0, 0.1) is 0 Å². The van der Waals surface area contributed by atoms with E-state index >= 15 is 0 Å². The highest BCUT2D eigenvalue weighted by Gasteiger charge is 1.93. The van der Waals surface area contributed by atoms with Gasteiger partial charge in [-0.2, -0.15) is 0 Å². The molecule has 0 heterocycles. The minimum atomic E-state index is 0.661. The molecule has 0 saturated heterocycles. The minimum Gasteiger partial charge on any atom is -0.0988 e. The first kappa shape index (κ1) is 12.7. The third-order valence-electron chi connectivity index (χ3n) is 2.13. The van der Waals surface area contributed by atoms with Crippen LogP contribution < -0.4 is 5.30 Å². The van der Waals surface area contributed by atoms with E-state index in [1.807, 2.05) is 25.1 Å². The molecule has 0 saturated carbocycles. The maximum absolute atomic E-state index is 3.84. The lowest BCUT2D eigenvalue weighted by Crippen LogP contribution is -1.90. The Bertz CT molecular complexity index is 410. The van der Waals surface area contributed by atoms with E-state index in [-0.39, 0.29) is 0 Å². The van der Waals surface area contributed by atoms with Crippen LogP contribution in [-0.2, 0) is 0 Å². The Morgan fingerprint density at radius 3 is 2.31 bits per heavy atom. The van der Waals surface area contributed by atoms with Crippen LogP contribution >= 0.6 is 8.58 Å². The molecule has 0 aliphatic rings. The van der Waals surface area contributed by atoms with Crippen molar-refractivity contribution in [3.05, 3.63) is 78.7 Å². The maximum Gasteiger partial charge on any atom is -0.0226 e. The van der Waals surface area contributed by atoms with E-state index in [1.54, 1.807) is 0 Å². The molecular formula is C15H17P. The van der Waals surface area contributed by atoms with Crippen LogP contribution in [0.25, 0.3) is 0 Å². The van der Waals surface area contributed by atoms with Gasteiger partial charge in [0.2, 0.25) is 0 Å². The van der Waals surface area contributed by atoms with Gasteiger partial charge in [0.05, 0.1) is 0 Å². The van der Waals surface area contributed by atoms with Crippen molar-refractivity contribution in [1.82, 2.24) is 0 Å². The number of rotatable bonds is 5. The highest BCUT2D eigenvalue weighted by Crippen LogP contribution is 2.23. The summed E-state index contributed by atoms with van der Waals surface area (Å²) in [6.45, 7) is 9.61. The summed E-state index contributed by atoms with van der Waals surface area (Å²) < 4.78 is 0. The molecule has 16 heavy (non-hydrogen) atoms. The second-order valence-electron chi connectivity index (χ2n) is 3.43. The highest BCUT2D eigenvalue weighted by atomic mass is 31.1. The van der Waals surface area contributed by atoms with E-state index in [9.17, 15) is 0 Å². The first-order chi connectivity index (χ1) is 7.76. The SMILES string of the molecule is C=C/C(C)=C\C=C(/C=C)Pc1ccccc1. The number of hydrogen-bond acceptors (Lipinski definition) is 0. The Hall–Kier alpha value is -1.39. The van der Waals surface area contributed by atoms with Crippen molar-refractivity contribution in [2.45, 2.75) is 6.92 Å². The zero-order chi connectivity index (χ0) is 11.8. The Morgan fingerprint density at radius 1 is 1.06 bits per heavy atom. The molecule has 0 spiro atoms. The van der Waals surface area contributed by atoms with E-state index in [0.29, 0.717) is 8.58 Å². The van der Waals surface area contributed by atoms with E-state index in [4.69, 9.17) is 0 Å². The second kappa shape index (κ2) is 6.98. The van der Waals surface area contributed by atoms with Gasteiger partial charge in [-0.1, -0.05) is 81.9 Å². The van der Waals surface area contributed by atoms with Crippen LogP contribution in [0.3, 0.4) is 0 Å². The van der Waals surface area contributed by atoms with Gasteiger partial charge in [-0.3, -0.25) is 0 Å². The molecule has 1 aromatic carbocycles. The van der Waals surface area contributed by atoms with E-state index in [2.05, 4.69) is 49.6 Å². The molecule has 0 aliphatic carbocycles. The van der Waals surface area contributed by atoms with Crippen molar-refractivity contribution in [1.29, 1.82) is 0 Å². The molecular weight excluding hydrogens is 211 g/mol. The molecule has 82 valence electrons. The van der Waals surface area contributed by atoms with Crippen LogP contribution in [0.4, 0.5) is 0 Å². The fourth-order valence-corrected chi connectivity index (χ4v) is 2.10. The minimum absolute atomic E-state index is 0.661. The van der Waals surface area contributed by atoms with Crippen molar-refractivity contribution >= 4 is 13.9 Å². The summed E-state index contributed by atoms with van der Waals surface area (Å²) in [4.78, 5) is 0. The van der Waals surface area contributed by atoms with Gasteiger partial charge in [0.15, 0.2) is 0 Å². The van der Waals surface area contributed by atoms with Crippen LogP contribution in [0.5, 0.6) is 0 Å². The summed E-state index contributed by atoms with van der Waals surface area (Å²) in [5, 5.41) is 2.57. The summed E-state index contributed by atoms with van der Waals surface area (Å²) in [6, 6.07) is 10.4. The predicted octanol–water partition coefficient (Wildman–Crippen LogP) is 4.19. The summed E-state index contributed by atoms with van der Waals surface area (Å²) in [5.41, 5.74) is 1.16. The Morgan fingerprint density at radius 2 is 1.75 bits per heavy atom. The first-order valence-corrected chi connectivity index (χ1v) is 6.22. The largest absolute Gasteiger partial charge is 0.0988 e. The van der Waals surface area contributed by atoms with Crippen LogP contribution in [0.15, 0.2) is 78.7 Å². The lowest BCUT2D eigenvalue weighted by atomic mass is 10.3. The first-order valence-electron chi connectivity index (χ1n) is 5.22. The van der Waals surface area contributed by atoms with Gasteiger partial charge < -0.3 is 0 Å². The molecule has 0 aliphatic heterocycles. The van der Waals surface area contributed by atoms with Gasteiger partial charge in [0, 0.05) is 0 Å². The zero-order valence-corrected chi connectivity index (χ0v) is 10.6. The lowest BCUT2D eigenvalue weighted by Gasteiger charge is -2.01. The van der Waals surface area contributed by atoms with E-state index < -0.39 is 0 Å². The quantitative estimate of drug-likeness (QED) is 0.523. The Kier molecular flexibility index (Phi) is 5.53. The molecule has 0 bridgehead atoms. The molecule has 1 aromatic rings. The summed E-state index contributed by atoms with van der Waals surface area (Å²) in [5.74, 6) is 0. The third-order valence-corrected chi connectivity index (χ3v) is 3.41. The lowest BCUT2D eigenvalue weighted by molar-refractivity contribution is 1.53. The average molecular weight is 228 g/mol. The van der Waals surface area contributed by atoms with Gasteiger partial charge in [-0.15, -0.1) is 0 Å². The molecule has 1 rings (SSSR count). The number of benzene rings is 1. The van der Waals surface area contributed by atoms with Crippen molar-refractivity contribution < 1.29 is 0 Å². The fourth-order valence-electron chi connectivity index (χ4n) is 1.14. The summed E-state index contributed by atoms with van der Waals surface area (Å²) in [7, 11) is 0.661. The Labute approximate surface area is 99.9 Å². The Balaban J connectivity index is 2.77. The number of allylic oxidation sites excluding steroid dienone is 6. The summed E-state index contributed by atoms with van der Waals surface area (Å²) >= 11 is 0. The van der Waals surface area contributed by atoms with Crippen molar-refractivity contribution in [2.75, 3.05) is 0 Å². The molecule has 1 atom stereocenters. The van der Waals surface area contributed by atoms with E-state index in [1.165, 1.54) is 10.6 Å². The smallest absolute Gasteiger partial charge is 0.0226 e. The molecule has 0 radical (unpaired) electrons. The van der Waals surface area contributed by atoms with Crippen molar-refractivity contribution in [2.24, 2.45) is 0 Å². The molecule has 0 amide bonds. The molecule has 0 nitrogen and oxygen atoms in total. The molecule has 0 fully saturated rings. The van der Waals surface area contributed by atoms with Gasteiger partial charge in [0.1, 0.15) is 0 Å². The third kappa shape index (κ3) is 4.42. The fraction of sp³-hybridized carbons (Fsp3) is 0.0667. The highest BCUT2D eigenvalue weighted by molar-refractivity contribution is 7.52. The topological polar surface area (TPSA) is 0 Å². The van der Waals surface area contributed by atoms with E-state index in [0.717, 1.165) is 5.57 Å². The second-order valence-corrected chi connectivity index (χ2v) is 4.84. The van der Waals surface area contributed by atoms with Gasteiger partial charge in [0.25, 0.3) is 0 Å². The van der Waals surface area contributed by atoms with Crippen LogP contribution in [-0.4, -0.2) is 0 Å². The average Bonchev–Trinajstić information content (AvgIpc) is 2.35. The monoisotopic (exact) mass is 228 g/mol. The normalized spacial score (nSPS) is 13.1. The summed E-state index contributed by atoms with van der Waals surface area (Å²) in [6.07, 6.45) is 7.94. The predicted molar refractivity (Wildman–Crippen MR) is 76.6 cm³/mol. The van der Waals surface area contributed by atoms with Crippen LogP contribution in [0.2, 0.25) is 0 Å². The van der Waals surface area contributed by atoms with Gasteiger partial charge in [-0.05, 0) is 17.5 Å². The standard InChI is InChI=1S/C15H17P/c1-4-13(3)11-12-14(5-2)16-15-9-7-6-8-10-15/h4-12,16H,1-2H2,3H3/b13-11-,14-12+. The van der Waals surface area contributed by atoms with Gasteiger partial charge in [-0.25, -0.2) is 0 Å². The molecule has 1 heteroatoms. The van der Waals surface area contributed by atoms with Gasteiger partial charge >= 0.3 is 0 Å². The zero-order valence-electron chi connectivity index (χ0n) is 9.61. The molecule has 1 unspecified atom stereocenters. The number of hydrogen-bond donors (Lipinski definition) is 0. The van der Waals surface area contributed by atoms with Crippen molar-refractivity contribution in [3.8, 4) is 0 Å². The van der Waals surface area contributed by atoms with Crippen LogP contribution in [0.1, 0.15) is 6.92 Å². The maximum atomic E-state index is 3.84. The van der Waals surface area contributed by atoms with Crippen molar-refractivity contribution in [3.63, 3.8) is 0 Å². The molecule has 0 N–H and O–H groups in total. The molecule has 0 aromatic heterocycles.